The van der Waals surface area contributed by atoms with Gasteiger partial charge in [-0.15, -0.1) is 0 Å². The Labute approximate surface area is 540 Å². The molecule has 41 nitrogen and oxygen atoms in total. The third-order valence-electron chi connectivity index (χ3n) is 14.7. The molecule has 8 amide bonds. The Morgan fingerprint density at radius 2 is 0.719 bits per heavy atom. The summed E-state index contributed by atoms with van der Waals surface area (Å²) in [6.07, 6.45) is -10.6. The number of carbonyl (C=O) groups excluding carboxylic acids is 8. The van der Waals surface area contributed by atoms with Crippen molar-refractivity contribution in [3.8, 4) is 0 Å². The Morgan fingerprint density at radius 3 is 1.00 bits per heavy atom. The Morgan fingerprint density at radius 1 is 0.438 bits per heavy atom. The highest BCUT2D eigenvalue weighted by Gasteiger charge is 2.38. The lowest BCUT2D eigenvalue weighted by atomic mass is 10.1. The number of nitrogens with two attached hydrogens (primary N) is 1. The van der Waals surface area contributed by atoms with Crippen LogP contribution in [0.25, 0.3) is 0 Å². The zero-order chi connectivity index (χ0) is 71.7. The van der Waals surface area contributed by atoms with Crippen LogP contribution in [0, 0.1) is 0 Å². The van der Waals surface area contributed by atoms with E-state index in [0.717, 1.165) is 0 Å². The highest BCUT2D eigenvalue weighted by molar-refractivity contribution is 5.97. The molecular weight excluding hydrogens is 1290 g/mol. The summed E-state index contributed by atoms with van der Waals surface area (Å²) in [5, 5.41) is 106. The Balaban J connectivity index is 1.17. The number of fused-ring (bicyclic) bond motifs is 3. The predicted molar refractivity (Wildman–Crippen MR) is 320 cm³/mol. The summed E-state index contributed by atoms with van der Waals surface area (Å²) in [4.78, 5) is 231. The summed E-state index contributed by atoms with van der Waals surface area (Å²) >= 11 is 0. The molecule has 0 aliphatic carbocycles. The van der Waals surface area contributed by atoms with Crippen molar-refractivity contribution >= 4 is 124 Å². The molecule has 1 saturated heterocycles. The van der Waals surface area contributed by atoms with Crippen molar-refractivity contribution < 1.29 is 127 Å². The molecule has 1 fully saturated rings. The predicted octanol–water partition coefficient (Wildman–Crippen LogP) is -5.07. The third kappa shape index (κ3) is 25.1. The van der Waals surface area contributed by atoms with Gasteiger partial charge in [0.25, 0.3) is 11.5 Å². The summed E-state index contributed by atoms with van der Waals surface area (Å²) in [7, 11) is 0. The van der Waals surface area contributed by atoms with Gasteiger partial charge in [-0.25, -0.2) is 38.4 Å². The molecule has 2 aromatic rings. The van der Waals surface area contributed by atoms with E-state index in [9.17, 15) is 127 Å². The van der Waals surface area contributed by atoms with Crippen molar-refractivity contribution in [2.45, 2.75) is 157 Å². The molecule has 0 saturated carbocycles. The molecule has 1 aromatic carbocycles. The van der Waals surface area contributed by atoms with E-state index in [-0.39, 0.29) is 17.6 Å². The van der Waals surface area contributed by atoms with Gasteiger partial charge in [0.2, 0.25) is 47.3 Å². The number of carbonyl (C=O) groups is 17. The summed E-state index contributed by atoms with van der Waals surface area (Å²) < 4.78 is 0. The number of carboxylic acids is 9. The van der Waals surface area contributed by atoms with Crippen LogP contribution in [-0.2, 0) is 76.7 Å². The lowest BCUT2D eigenvalue weighted by molar-refractivity contribution is -0.144. The van der Waals surface area contributed by atoms with Crippen LogP contribution in [-0.4, -0.2) is 231 Å². The van der Waals surface area contributed by atoms with Crippen molar-refractivity contribution in [1.29, 1.82) is 0 Å². The molecule has 21 N–H and O–H groups in total. The molecule has 0 radical (unpaired) electrons. The number of benzene rings is 1. The first-order valence-electron chi connectivity index (χ1n) is 29.3. The Kier molecular flexibility index (Phi) is 29.2. The van der Waals surface area contributed by atoms with Gasteiger partial charge in [0.05, 0.1) is 12.7 Å². The van der Waals surface area contributed by atoms with Crippen molar-refractivity contribution in [2.24, 2.45) is 0 Å². The molecule has 2 aliphatic rings. The van der Waals surface area contributed by atoms with Gasteiger partial charge in [0.15, 0.2) is 5.82 Å². The van der Waals surface area contributed by atoms with Gasteiger partial charge in [0.1, 0.15) is 54.0 Å². The number of anilines is 4. The number of nitrogens with one attached hydrogen (secondary N) is 10. The molecule has 4 rings (SSSR count). The van der Waals surface area contributed by atoms with Gasteiger partial charge >= 0.3 is 53.7 Å². The molecule has 96 heavy (non-hydrogen) atoms. The maximum atomic E-state index is 13.1. The second-order valence-corrected chi connectivity index (χ2v) is 21.8. The molecule has 0 spiro atoms. The van der Waals surface area contributed by atoms with Gasteiger partial charge in [0, 0.05) is 75.7 Å². The zero-order valence-electron chi connectivity index (χ0n) is 50.7. The van der Waals surface area contributed by atoms with Crippen LogP contribution < -0.4 is 68.9 Å². The van der Waals surface area contributed by atoms with E-state index in [2.05, 4.69) is 31.2 Å². The number of nitrogens with zero attached hydrogens (tertiary/aromatic N) is 3. The number of nitrogen functional groups attached to an aromatic ring is 1. The number of carboxylic acid groups (broad SMARTS) is 9. The van der Waals surface area contributed by atoms with E-state index in [1.807, 2.05) is 36.4 Å². The molecular formula is C55H72N14O27. The number of hydrogen-bond donors (Lipinski definition) is 20. The van der Waals surface area contributed by atoms with Gasteiger partial charge in [-0.05, 0) is 75.6 Å². The molecule has 41 heteroatoms. The number of aromatic nitrogens is 2. The van der Waals surface area contributed by atoms with Gasteiger partial charge in [-0.2, -0.15) is 4.98 Å². The SMILES string of the molecule is Nc1nc2c(c(=O)[nH]1)N1CN(c3ccc(C(=O)N[C@@H](CCC(=O)N[C@@H](CCC(=O)N[C@@H](CCC(=O)N[C@@H](CCC(=O)N[C@@H](CCC(=O)N[C@@H](CCC(=O)N[C@@H](CCC(=O)N[C@@H](CCC(=O)O)C(=O)O)C(=O)O)C(=O)O)C(=O)O)C(=O)O)C(=O)O)C(=O)O)C(=O)O)cc3)CC1CN2. The molecule has 1 aromatic heterocycles. The number of rotatable bonds is 42. The fraction of sp³-hybridized carbons (Fsp3) is 0.509. The van der Waals surface area contributed by atoms with Crippen LogP contribution in [0.3, 0.4) is 0 Å². The molecule has 0 bridgehead atoms. The maximum absolute atomic E-state index is 13.1. The minimum atomic E-state index is -1.84. The smallest absolute Gasteiger partial charge is 0.326 e. The Hall–Kier alpha value is -11.7. The lowest BCUT2D eigenvalue weighted by Gasteiger charge is -2.31. The third-order valence-corrected chi connectivity index (χ3v) is 14.7. The van der Waals surface area contributed by atoms with Crippen molar-refractivity contribution in [2.75, 3.05) is 40.6 Å². The average Bonchev–Trinajstić information content (AvgIpc) is 1.61. The van der Waals surface area contributed by atoms with Crippen LogP contribution in [0.15, 0.2) is 29.1 Å². The van der Waals surface area contributed by atoms with Crippen LogP contribution in [0.5, 0.6) is 0 Å². The molecule has 2 aliphatic heterocycles. The molecule has 9 atom stereocenters. The topological polar surface area (TPSA) is 659 Å². The summed E-state index contributed by atoms with van der Waals surface area (Å²) in [5.41, 5.74) is 6.30. The number of aromatic amines is 1. The van der Waals surface area contributed by atoms with Crippen molar-refractivity contribution in [3.63, 3.8) is 0 Å². The van der Waals surface area contributed by atoms with Crippen molar-refractivity contribution in [3.05, 3.63) is 40.2 Å². The van der Waals surface area contributed by atoms with Gasteiger partial charge in [-0.1, -0.05) is 0 Å². The van der Waals surface area contributed by atoms with Crippen molar-refractivity contribution in [1.82, 2.24) is 52.5 Å². The van der Waals surface area contributed by atoms with Gasteiger partial charge in [-0.3, -0.25) is 52.9 Å². The summed E-state index contributed by atoms with van der Waals surface area (Å²) in [6.45, 7) is 1.25. The van der Waals surface area contributed by atoms with E-state index in [1.165, 1.54) is 12.1 Å². The van der Waals surface area contributed by atoms with E-state index in [1.54, 1.807) is 12.1 Å². The van der Waals surface area contributed by atoms with Crippen LogP contribution in [0.4, 0.5) is 23.1 Å². The second kappa shape index (κ2) is 36.5. The summed E-state index contributed by atoms with van der Waals surface area (Å²) in [6, 6.07) is -8.10. The first-order valence-corrected chi connectivity index (χ1v) is 29.3. The number of aliphatic carboxylic acids is 9. The Bertz CT molecular complexity index is 3360. The van der Waals surface area contributed by atoms with E-state index < -0.39 is 258 Å². The summed E-state index contributed by atoms with van der Waals surface area (Å²) in [5.74, 6) is -22.5. The number of amides is 8. The fourth-order valence-corrected chi connectivity index (χ4v) is 9.60. The van der Waals surface area contributed by atoms with E-state index >= 15 is 0 Å². The standard InChI is InChI=1S/C55H72N14O27/c56-55-66-44-43(46(80)67-55)69-23-68(22-26(69)21-57-44)25-3-1-24(2-4-25)45(79)65-34(54(95)96)11-19-41(76)63-32(52(91)92)9-17-39(74)61-30(50(87)88)7-15-37(72)59-28(48(83)84)5-13-35(70)58-27(47(81)82)6-14-36(71)60-29(49(85)86)8-16-38(73)62-31(51(89)90)10-18-40(75)64-33(53(93)94)12-20-42(77)78/h1-4,26-34H,5-23H2,(H,58,70)(H,59,72)(H,60,71)(H,61,74)(H,62,73)(H,63,76)(H,64,75)(H,65,79)(H,77,78)(H,81,82)(H,83,84)(H,85,86)(H,87,88)(H,89,90)(H,91,92)(H,93,94)(H,95,96)(H4,56,57,66,67,80)/t26?,27-,28-,29-,30-,31-,32-,33-,34-/m0/s1. The normalized spacial score (nSPS) is 15.4. The second-order valence-electron chi connectivity index (χ2n) is 21.8. The zero-order valence-corrected chi connectivity index (χ0v) is 50.7. The highest BCUT2D eigenvalue weighted by Crippen LogP contribution is 2.32. The van der Waals surface area contributed by atoms with Crippen LogP contribution in [0.2, 0.25) is 0 Å². The monoisotopic (exact) mass is 1360 g/mol. The first kappa shape index (κ1) is 76.7. The largest absolute Gasteiger partial charge is 0.481 e. The molecule has 3 heterocycles. The maximum Gasteiger partial charge on any atom is 0.326 e. The first-order chi connectivity index (χ1) is 45.1. The van der Waals surface area contributed by atoms with Crippen LogP contribution >= 0.6 is 0 Å². The number of H-pyrrole nitrogens is 1. The van der Waals surface area contributed by atoms with E-state index in [4.69, 9.17) is 10.8 Å². The molecule has 1 unspecified atom stereocenters. The highest BCUT2D eigenvalue weighted by atomic mass is 16.4. The average molecular weight is 1360 g/mol. The quantitative estimate of drug-likeness (QED) is 0.0296. The minimum absolute atomic E-state index is 0.0466. The molecule has 524 valence electrons. The van der Waals surface area contributed by atoms with Gasteiger partial charge < -0.3 is 109 Å². The fourth-order valence-electron chi connectivity index (χ4n) is 9.60. The van der Waals surface area contributed by atoms with E-state index in [0.29, 0.717) is 37.0 Å². The van der Waals surface area contributed by atoms with Crippen LogP contribution in [0.1, 0.15) is 113 Å². The minimum Gasteiger partial charge on any atom is -0.481 e. The lowest BCUT2D eigenvalue weighted by Crippen LogP contribution is -2.46. The number of hydrogen-bond acceptors (Lipinski definition) is 23.